The van der Waals surface area contributed by atoms with Crippen LogP contribution in [0.15, 0.2) is 65.5 Å². The Labute approximate surface area is 131 Å². The van der Waals surface area contributed by atoms with E-state index in [4.69, 9.17) is 13.7 Å². The third-order valence-corrected chi connectivity index (χ3v) is 2.32. The minimum atomic E-state index is -0.968. The molecule has 0 atom stereocenters. The van der Waals surface area contributed by atoms with Gasteiger partial charge >= 0.3 is 6.03 Å². The Bertz CT molecular complexity index is 1080. The predicted octanol–water partition coefficient (Wildman–Crippen LogP) is 2.44. The maximum atomic E-state index is 12.6. The lowest BCUT2D eigenvalue weighted by molar-refractivity contribution is 0.202. The summed E-state index contributed by atoms with van der Waals surface area (Å²) < 4.78 is 78.6. The van der Waals surface area contributed by atoms with E-state index in [1.165, 1.54) is 7.05 Å². The number of nitrogens with zero attached hydrogens (tertiary/aromatic N) is 4. The minimum Gasteiger partial charge on any atom is -0.244 e. The highest BCUT2D eigenvalue weighted by atomic mass is 16.2. The van der Waals surface area contributed by atoms with Gasteiger partial charge in [-0.3, -0.25) is 0 Å². The summed E-state index contributed by atoms with van der Waals surface area (Å²) in [5.74, 6) is -0.457. The van der Waals surface area contributed by atoms with Gasteiger partial charge in [0.05, 0.1) is 19.4 Å². The lowest BCUT2D eigenvalue weighted by Crippen LogP contribution is -2.50. The van der Waals surface area contributed by atoms with Crippen molar-refractivity contribution >= 4 is 17.6 Å². The summed E-state index contributed by atoms with van der Waals surface area (Å²) >= 11 is 0. The van der Waals surface area contributed by atoms with Crippen molar-refractivity contribution in [2.24, 2.45) is 5.10 Å². The van der Waals surface area contributed by atoms with Crippen LogP contribution in [0.3, 0.4) is 0 Å². The Morgan fingerprint density at radius 3 is 2.25 bits per heavy atom. The van der Waals surface area contributed by atoms with Gasteiger partial charge in [-0.05, 0) is 12.1 Å². The molecule has 2 amide bonds. The molecular formula is C15H13N4O. The molecule has 0 saturated carbocycles. The van der Waals surface area contributed by atoms with E-state index < -0.39 is 83.5 Å². The van der Waals surface area contributed by atoms with E-state index in [0.717, 1.165) is 5.01 Å². The van der Waals surface area contributed by atoms with Gasteiger partial charge in [-0.25, -0.2) is 9.80 Å². The van der Waals surface area contributed by atoms with Crippen molar-refractivity contribution in [2.45, 2.75) is 0 Å². The lowest BCUT2D eigenvalue weighted by atomic mass is 10.2. The first-order valence-electron chi connectivity index (χ1n) is 10.4. The Morgan fingerprint density at radius 2 is 1.60 bits per heavy atom. The van der Waals surface area contributed by atoms with E-state index in [1.807, 2.05) is 0 Å². The minimum absolute atomic E-state index is 0.405. The van der Waals surface area contributed by atoms with Gasteiger partial charge in [0.2, 0.25) is 0 Å². The second-order valence-electron chi connectivity index (χ2n) is 3.62. The molecule has 99 valence electrons. The van der Waals surface area contributed by atoms with Crippen molar-refractivity contribution in [2.75, 3.05) is 12.1 Å². The number of hydrogen-bond donors (Lipinski definition) is 0. The zero-order valence-corrected chi connectivity index (χ0v) is 10.2. The molecule has 0 saturated heterocycles. The number of anilines is 1. The molecule has 0 unspecified atom stereocenters. The van der Waals surface area contributed by atoms with Gasteiger partial charge in [0, 0.05) is 12.6 Å². The maximum absolute atomic E-state index is 12.6. The van der Waals surface area contributed by atoms with Crippen LogP contribution in [-0.2, 0) is 0 Å². The summed E-state index contributed by atoms with van der Waals surface area (Å²) in [6, 6.07) is -7.56. The fourth-order valence-electron chi connectivity index (χ4n) is 1.44. The molecule has 1 heterocycles. The molecule has 1 aliphatic rings. The number of amides is 2. The van der Waals surface area contributed by atoms with Crippen LogP contribution in [0.4, 0.5) is 10.5 Å². The van der Waals surface area contributed by atoms with E-state index in [9.17, 15) is 4.79 Å². The van der Waals surface area contributed by atoms with Crippen LogP contribution in [0.2, 0.25) is 0 Å². The van der Waals surface area contributed by atoms with Gasteiger partial charge in [0.1, 0.15) is 0 Å². The van der Waals surface area contributed by atoms with Crippen molar-refractivity contribution in [3.05, 3.63) is 66.0 Å². The number of urea groups is 1. The van der Waals surface area contributed by atoms with Crippen molar-refractivity contribution in [1.82, 2.24) is 10.4 Å². The van der Waals surface area contributed by atoms with Crippen LogP contribution in [0.25, 0.3) is 0 Å². The quantitative estimate of drug-likeness (QED) is 0.830. The molecular weight excluding hydrogens is 252 g/mol. The zero-order chi connectivity index (χ0) is 22.7. The lowest BCUT2D eigenvalue weighted by Gasteiger charge is -2.29. The molecule has 0 spiro atoms. The molecule has 1 radical (unpaired) electrons. The van der Waals surface area contributed by atoms with E-state index in [1.54, 1.807) is 0 Å². The number of hydrogen-bond acceptors (Lipinski definition) is 2. The van der Waals surface area contributed by atoms with Crippen LogP contribution in [0, 0.1) is 0 Å². The highest BCUT2D eigenvalue weighted by Gasteiger charge is 2.28. The van der Waals surface area contributed by atoms with E-state index in [0.29, 0.717) is 5.01 Å². The van der Waals surface area contributed by atoms with Crippen molar-refractivity contribution in [3.63, 3.8) is 0 Å². The molecule has 2 aromatic rings. The van der Waals surface area contributed by atoms with Gasteiger partial charge in [-0.1, -0.05) is 48.3 Å². The number of carbonyl (C=O) groups excluding carboxylic acids is 1. The summed E-state index contributed by atoms with van der Waals surface area (Å²) in [5, 5.41) is 5.11. The molecule has 2 aromatic carbocycles. The van der Waals surface area contributed by atoms with Crippen LogP contribution >= 0.6 is 0 Å². The molecule has 1 aliphatic heterocycles. The highest BCUT2D eigenvalue weighted by Crippen LogP contribution is 2.19. The van der Waals surface area contributed by atoms with Gasteiger partial charge in [0.15, 0.2) is 5.84 Å². The van der Waals surface area contributed by atoms with Crippen molar-refractivity contribution in [1.29, 1.82) is 0 Å². The SMILES string of the molecule is [2H]c1c([2H])c([2H])c(C2=NN(c3c([2H])c([2H])c([2H])c([2H])c3[2H])C(=O)N(C)[N]2)c([2H])c1[2H]. The van der Waals surface area contributed by atoms with Gasteiger partial charge in [-0.15, -0.1) is 10.5 Å². The third kappa shape index (κ3) is 2.21. The van der Waals surface area contributed by atoms with E-state index >= 15 is 0 Å². The second-order valence-corrected chi connectivity index (χ2v) is 3.62. The Hall–Kier alpha value is -2.82. The standard InChI is InChI=1S/C15H13N4O/c1-18-15(20)19(13-10-6-3-7-11-13)17-14(16-18)12-8-4-2-5-9-12/h2-11H,1H3/i2D,3D,4D,5D,6D,7D,8D,9D,10D,11D. The first-order valence-corrected chi connectivity index (χ1v) is 5.42. The van der Waals surface area contributed by atoms with Crippen molar-refractivity contribution < 1.29 is 18.5 Å². The normalized spacial score (nSPS) is 21.9. The third-order valence-electron chi connectivity index (χ3n) is 2.32. The number of amidine groups is 1. The molecule has 5 nitrogen and oxygen atoms in total. The smallest absolute Gasteiger partial charge is 0.244 e. The summed E-state index contributed by atoms with van der Waals surface area (Å²) in [4.78, 5) is 12.6. The number of para-hydroxylation sites is 1. The van der Waals surface area contributed by atoms with Crippen LogP contribution in [0.5, 0.6) is 0 Å². The average Bonchev–Trinajstić information content (AvgIpc) is 2.71. The summed E-state index contributed by atoms with van der Waals surface area (Å²) in [7, 11) is 1.19. The number of benzene rings is 2. The summed E-state index contributed by atoms with van der Waals surface area (Å²) in [5.41, 5.74) is 2.87. The number of hydrazone groups is 1. The van der Waals surface area contributed by atoms with Gasteiger partial charge < -0.3 is 0 Å². The number of rotatable bonds is 2. The Balaban J connectivity index is 2.31. The molecule has 20 heavy (non-hydrogen) atoms. The number of carbonyl (C=O) groups is 1. The molecule has 0 aromatic heterocycles. The monoisotopic (exact) mass is 275 g/mol. The molecule has 0 aliphatic carbocycles. The molecule has 0 bridgehead atoms. The van der Waals surface area contributed by atoms with Gasteiger partial charge in [0.25, 0.3) is 0 Å². The molecule has 0 N–H and O–H groups in total. The summed E-state index contributed by atoms with van der Waals surface area (Å²) in [6.45, 7) is 0. The second kappa shape index (κ2) is 5.05. The van der Waals surface area contributed by atoms with Crippen molar-refractivity contribution in [3.8, 4) is 0 Å². The van der Waals surface area contributed by atoms with Crippen LogP contribution < -0.4 is 10.4 Å². The largest absolute Gasteiger partial charge is 0.365 e. The molecule has 0 fully saturated rings. The first-order chi connectivity index (χ1) is 13.9. The molecule has 5 heteroatoms. The Kier molecular flexibility index (Phi) is 1.33. The topological polar surface area (TPSA) is 50.0 Å². The maximum Gasteiger partial charge on any atom is 0.365 e. The van der Waals surface area contributed by atoms with Crippen LogP contribution in [0.1, 0.15) is 19.3 Å². The Morgan fingerprint density at radius 1 is 1.00 bits per heavy atom. The fourth-order valence-corrected chi connectivity index (χ4v) is 1.44. The zero-order valence-electron chi connectivity index (χ0n) is 20.2. The average molecular weight is 275 g/mol. The van der Waals surface area contributed by atoms with E-state index in [-0.39, 0.29) is 0 Å². The fraction of sp³-hybridized carbons (Fsp3) is 0.0667. The predicted molar refractivity (Wildman–Crippen MR) is 77.2 cm³/mol. The first kappa shape index (κ1) is 5.28. The highest BCUT2D eigenvalue weighted by molar-refractivity contribution is 6.05. The molecule has 3 rings (SSSR count). The summed E-state index contributed by atoms with van der Waals surface area (Å²) in [6.07, 6.45) is 0. The van der Waals surface area contributed by atoms with E-state index in [2.05, 4.69) is 10.5 Å². The van der Waals surface area contributed by atoms with Gasteiger partial charge in [-0.2, -0.15) is 5.01 Å². The van der Waals surface area contributed by atoms with Crippen LogP contribution in [-0.4, -0.2) is 23.9 Å².